The number of rotatable bonds is 4. The van der Waals surface area contributed by atoms with Crippen molar-refractivity contribution in [2.45, 2.75) is 52.1 Å². The summed E-state index contributed by atoms with van der Waals surface area (Å²) < 4.78 is 4.42. The van der Waals surface area contributed by atoms with Gasteiger partial charge in [-0.2, -0.15) is 21.9 Å². The summed E-state index contributed by atoms with van der Waals surface area (Å²) in [5, 5.41) is 0.873. The van der Waals surface area contributed by atoms with Gasteiger partial charge in [-0.15, -0.1) is 0 Å². The Morgan fingerprint density at radius 3 is 1.33 bits per heavy atom. The van der Waals surface area contributed by atoms with Crippen LogP contribution in [0, 0.1) is 0 Å². The molecule has 1 atom stereocenters. The zero-order valence-electron chi connectivity index (χ0n) is 23.5. The fourth-order valence-electron chi connectivity index (χ4n) is 6.23. The van der Waals surface area contributed by atoms with Gasteiger partial charge in [-0.1, -0.05) is 121 Å². The molecule has 0 bridgehead atoms. The first-order chi connectivity index (χ1) is 18.8. The minimum atomic E-state index is -1.22. The summed E-state index contributed by atoms with van der Waals surface area (Å²) in [5.74, 6) is 0. The van der Waals surface area contributed by atoms with Crippen molar-refractivity contribution in [3.05, 3.63) is 139 Å². The molecule has 0 saturated carbocycles. The van der Waals surface area contributed by atoms with E-state index in [4.69, 9.17) is 11.6 Å². The Morgan fingerprint density at radius 1 is 0.667 bits per heavy atom. The molecule has 0 N–H and O–H groups in total. The molecule has 1 aliphatic rings. The fraction of sp³-hybridized carbons (Fsp3) is 0.229. The summed E-state index contributed by atoms with van der Waals surface area (Å²) >= 11 is 6.38. The topological polar surface area (TPSA) is 8.81 Å². The van der Waals surface area contributed by atoms with E-state index in [-0.39, 0.29) is 5.54 Å². The molecule has 5 aromatic rings. The van der Waals surface area contributed by atoms with Crippen molar-refractivity contribution >= 4 is 39.6 Å². The minimum Gasteiger partial charge on any atom is -0.215 e. The molecule has 39 heavy (non-hydrogen) atoms. The zero-order valence-corrected chi connectivity index (χ0v) is 24.2. The Labute approximate surface area is 238 Å². The van der Waals surface area contributed by atoms with Crippen LogP contribution in [-0.4, -0.2) is 10.7 Å². The number of imidazole rings is 1. The third-order valence-electron chi connectivity index (χ3n) is 8.17. The average Bonchev–Trinajstić information content (AvgIpc) is 3.51. The summed E-state index contributed by atoms with van der Waals surface area (Å²) in [6.45, 7) is 8.77. The van der Waals surface area contributed by atoms with Crippen LogP contribution in [0.4, 0.5) is 0 Å². The highest BCUT2D eigenvalue weighted by molar-refractivity contribution is 7.19. The van der Waals surface area contributed by atoms with Gasteiger partial charge in [-0.05, 0) is 34.1 Å². The molecule has 0 amide bonds. The number of nitrogens with zero attached hydrogens (tertiary/aromatic N) is 2. The first kappa shape index (κ1) is 27.0. The van der Waals surface area contributed by atoms with Gasteiger partial charge in [0.2, 0.25) is 0 Å². The summed E-state index contributed by atoms with van der Waals surface area (Å²) in [7, 11) is 0. The highest BCUT2D eigenvalue weighted by Gasteiger charge is 2.35. The molecule has 4 aromatic carbocycles. The number of hydrogen-bond donors (Lipinski definition) is 0. The number of fused-ring (bicyclic) bond motifs is 1. The van der Waals surface area contributed by atoms with Crippen molar-refractivity contribution in [3.63, 3.8) is 0 Å². The lowest BCUT2D eigenvalue weighted by Gasteiger charge is -2.44. The molecular weight excluding hydrogens is 495 g/mol. The molecule has 198 valence electrons. The highest BCUT2D eigenvalue weighted by Crippen LogP contribution is 2.29. The Balaban J connectivity index is 0.000000186. The molecule has 0 spiro atoms. The summed E-state index contributed by atoms with van der Waals surface area (Å²) in [5.41, 5.74) is 6.81. The SMILES string of the molecule is C[C@H]1CCc2c[n+](C(C)(C)C)c(Cl)n21.c1ccc([B-](c2ccccc2)(c2ccccc2)c2ccccc2)cc1. The van der Waals surface area contributed by atoms with E-state index in [1.807, 2.05) is 0 Å². The highest BCUT2D eigenvalue weighted by atomic mass is 35.5. The molecule has 0 fully saturated rings. The van der Waals surface area contributed by atoms with Gasteiger partial charge < -0.3 is 0 Å². The Kier molecular flexibility index (Phi) is 7.82. The maximum atomic E-state index is 6.38. The normalized spacial score (nSPS) is 14.8. The van der Waals surface area contributed by atoms with E-state index in [0.717, 1.165) is 11.7 Å². The van der Waals surface area contributed by atoms with Gasteiger partial charge in [0, 0.05) is 18.0 Å². The standard InChI is InChI=1S/C24H20B.C11H18ClN2/c1-5-13-21(14-6-1)25(22-15-7-2-8-16-22,23-17-9-3-10-18-23)24-19-11-4-12-20-24;1-8-5-6-9-7-13(11(2,3)4)10(12)14(8)9/h1-20H;7-8H,5-6H2,1-4H3/q-1;+1/t;8-/m.0/s1. The van der Waals surface area contributed by atoms with Crippen molar-refractivity contribution in [2.24, 2.45) is 0 Å². The van der Waals surface area contributed by atoms with Gasteiger partial charge in [0.05, 0.1) is 0 Å². The van der Waals surface area contributed by atoms with Gasteiger partial charge in [0.15, 0.2) is 0 Å². The van der Waals surface area contributed by atoms with Crippen molar-refractivity contribution in [1.82, 2.24) is 4.57 Å². The van der Waals surface area contributed by atoms with Crippen LogP contribution in [-0.2, 0) is 12.0 Å². The second-order valence-electron chi connectivity index (χ2n) is 11.7. The number of halogens is 1. The van der Waals surface area contributed by atoms with E-state index in [2.05, 4.69) is 164 Å². The van der Waals surface area contributed by atoms with Crippen molar-refractivity contribution in [1.29, 1.82) is 0 Å². The van der Waals surface area contributed by atoms with Crippen LogP contribution in [0.5, 0.6) is 0 Å². The molecule has 1 aliphatic heterocycles. The smallest absolute Gasteiger partial charge is 0.215 e. The van der Waals surface area contributed by atoms with Crippen molar-refractivity contribution in [3.8, 4) is 0 Å². The molecule has 4 heteroatoms. The van der Waals surface area contributed by atoms with E-state index >= 15 is 0 Å². The fourth-order valence-corrected chi connectivity index (χ4v) is 6.80. The van der Waals surface area contributed by atoms with Crippen LogP contribution in [0.1, 0.15) is 45.9 Å². The number of hydrogen-bond acceptors (Lipinski definition) is 0. The molecule has 1 aromatic heterocycles. The van der Waals surface area contributed by atoms with E-state index in [1.165, 1.54) is 34.0 Å². The van der Waals surface area contributed by atoms with Crippen LogP contribution < -0.4 is 26.4 Å². The van der Waals surface area contributed by atoms with Gasteiger partial charge in [0.25, 0.3) is 0 Å². The van der Waals surface area contributed by atoms with E-state index in [0.29, 0.717) is 6.04 Å². The van der Waals surface area contributed by atoms with Crippen molar-refractivity contribution in [2.75, 3.05) is 0 Å². The predicted molar refractivity (Wildman–Crippen MR) is 168 cm³/mol. The lowest BCUT2D eigenvalue weighted by atomic mass is 9.13. The maximum Gasteiger partial charge on any atom is 0.355 e. The second-order valence-corrected chi connectivity index (χ2v) is 12.0. The van der Waals surface area contributed by atoms with Gasteiger partial charge in [-0.3, -0.25) is 0 Å². The summed E-state index contributed by atoms with van der Waals surface area (Å²) in [6, 6.07) is 44.1. The third kappa shape index (κ3) is 5.21. The lowest BCUT2D eigenvalue weighted by Crippen LogP contribution is -2.74. The molecule has 0 unspecified atom stereocenters. The summed E-state index contributed by atoms with van der Waals surface area (Å²) in [6.07, 6.45) is 3.36. The van der Waals surface area contributed by atoms with Gasteiger partial charge in [0.1, 0.15) is 29.6 Å². The third-order valence-corrected chi connectivity index (χ3v) is 8.53. The molecule has 2 nitrogen and oxygen atoms in total. The van der Waals surface area contributed by atoms with Gasteiger partial charge >= 0.3 is 5.28 Å². The molecular formula is C35H38BClN2. The number of aryl methyl sites for hydroxylation is 1. The van der Waals surface area contributed by atoms with Crippen LogP contribution in [0.25, 0.3) is 0 Å². The largest absolute Gasteiger partial charge is 0.355 e. The first-order valence-electron chi connectivity index (χ1n) is 14.0. The second kappa shape index (κ2) is 11.3. The van der Waals surface area contributed by atoms with Gasteiger partial charge in [-0.25, -0.2) is 9.13 Å². The quantitative estimate of drug-likeness (QED) is 0.206. The Bertz CT molecular complexity index is 1330. The van der Waals surface area contributed by atoms with Crippen LogP contribution in [0.2, 0.25) is 5.28 Å². The molecule has 0 saturated heterocycles. The van der Waals surface area contributed by atoms with E-state index in [1.54, 1.807) is 0 Å². The Morgan fingerprint density at radius 2 is 1.03 bits per heavy atom. The number of aromatic nitrogens is 2. The number of benzene rings is 4. The predicted octanol–water partition coefficient (Wildman–Crippen LogP) is 5.76. The zero-order chi connectivity index (χ0) is 27.5. The molecule has 0 radical (unpaired) electrons. The monoisotopic (exact) mass is 532 g/mol. The molecule has 6 rings (SSSR count). The maximum absolute atomic E-state index is 6.38. The lowest BCUT2D eigenvalue weighted by molar-refractivity contribution is -0.751. The van der Waals surface area contributed by atoms with E-state index < -0.39 is 6.15 Å². The van der Waals surface area contributed by atoms with Crippen LogP contribution in [0.3, 0.4) is 0 Å². The minimum absolute atomic E-state index is 0.0775. The first-order valence-corrected chi connectivity index (χ1v) is 14.4. The molecule has 0 aliphatic carbocycles. The van der Waals surface area contributed by atoms with Crippen molar-refractivity contribution < 1.29 is 4.57 Å². The molecule has 2 heterocycles. The Hall–Kier alpha value is -3.56. The van der Waals surface area contributed by atoms with E-state index in [9.17, 15) is 0 Å². The average molecular weight is 533 g/mol. The van der Waals surface area contributed by atoms with Crippen LogP contribution in [0.15, 0.2) is 128 Å². The summed E-state index contributed by atoms with van der Waals surface area (Å²) in [4.78, 5) is 0. The van der Waals surface area contributed by atoms with Crippen LogP contribution >= 0.6 is 11.6 Å².